The fourth-order valence-corrected chi connectivity index (χ4v) is 5.58. The Bertz CT molecular complexity index is 1280. The second-order valence-corrected chi connectivity index (χ2v) is 10.4. The molecule has 214 valence electrons. The van der Waals surface area contributed by atoms with Gasteiger partial charge in [-0.05, 0) is 23.8 Å². The van der Waals surface area contributed by atoms with Crippen LogP contribution in [0.15, 0.2) is 23.1 Å². The van der Waals surface area contributed by atoms with Gasteiger partial charge in [0.25, 0.3) is 5.91 Å². The number of nitrogens with zero attached hydrogens (tertiary/aromatic N) is 1. The van der Waals surface area contributed by atoms with Crippen LogP contribution >= 0.6 is 24.0 Å². The molecule has 0 unspecified atom stereocenters. The molecule has 1 amide bonds. The highest BCUT2D eigenvalue weighted by molar-refractivity contribution is 8.26. The number of amides is 1. The van der Waals surface area contributed by atoms with Crippen LogP contribution in [0.25, 0.3) is 6.08 Å². The van der Waals surface area contributed by atoms with Crippen LogP contribution in [0.3, 0.4) is 0 Å². The Kier molecular flexibility index (Phi) is 8.95. The number of thioether (sulfide) groups is 1. The van der Waals surface area contributed by atoms with Gasteiger partial charge in [-0.3, -0.25) is 28.9 Å². The normalized spacial score (nSPS) is 26.4. The third-order valence-electron chi connectivity index (χ3n) is 5.74. The number of esters is 4. The van der Waals surface area contributed by atoms with Gasteiger partial charge in [0.05, 0.1) is 4.91 Å². The number of ether oxygens (including phenoxy) is 7. The average Bonchev–Trinajstić information content (AvgIpc) is 3.43. The Morgan fingerprint density at radius 2 is 1.57 bits per heavy atom. The smallest absolute Gasteiger partial charge is 0.303 e. The summed E-state index contributed by atoms with van der Waals surface area (Å²) in [4.78, 5) is 62.6. The van der Waals surface area contributed by atoms with Crippen LogP contribution in [-0.4, -0.2) is 83.0 Å². The molecule has 4 rings (SSSR count). The van der Waals surface area contributed by atoms with Crippen molar-refractivity contribution < 1.29 is 57.1 Å². The summed E-state index contributed by atoms with van der Waals surface area (Å²) in [5.74, 6) is -2.52. The summed E-state index contributed by atoms with van der Waals surface area (Å²) in [7, 11) is 0. The van der Waals surface area contributed by atoms with Crippen molar-refractivity contribution in [1.29, 1.82) is 0 Å². The number of fused-ring (bicyclic) bond motifs is 1. The van der Waals surface area contributed by atoms with Gasteiger partial charge >= 0.3 is 23.9 Å². The zero-order chi connectivity index (χ0) is 29.1. The van der Waals surface area contributed by atoms with E-state index < -0.39 is 67.0 Å². The highest BCUT2D eigenvalue weighted by Gasteiger charge is 2.56. The molecule has 0 aliphatic carbocycles. The Hall–Kier alpha value is -3.69. The van der Waals surface area contributed by atoms with Crippen LogP contribution in [0, 0.1) is 0 Å². The van der Waals surface area contributed by atoms with Crippen LogP contribution in [0.1, 0.15) is 33.3 Å². The molecule has 15 heteroatoms. The second kappa shape index (κ2) is 12.2. The van der Waals surface area contributed by atoms with E-state index in [-0.39, 0.29) is 16.0 Å². The van der Waals surface area contributed by atoms with Crippen molar-refractivity contribution in [2.45, 2.75) is 58.3 Å². The molecule has 2 fully saturated rings. The maximum atomic E-state index is 13.6. The quantitative estimate of drug-likeness (QED) is 0.194. The van der Waals surface area contributed by atoms with Crippen LogP contribution in [0.4, 0.5) is 0 Å². The minimum absolute atomic E-state index is 0.0536. The van der Waals surface area contributed by atoms with Gasteiger partial charge in [0.1, 0.15) is 12.7 Å². The first-order valence-corrected chi connectivity index (χ1v) is 13.1. The lowest BCUT2D eigenvalue weighted by molar-refractivity contribution is -0.268. The van der Waals surface area contributed by atoms with Crippen molar-refractivity contribution in [3.05, 3.63) is 28.7 Å². The summed E-state index contributed by atoms with van der Waals surface area (Å²) in [5.41, 5.74) is 0.631. The zero-order valence-electron chi connectivity index (χ0n) is 21.8. The monoisotopic (exact) mass is 595 g/mol. The van der Waals surface area contributed by atoms with Crippen molar-refractivity contribution in [2.75, 3.05) is 13.4 Å². The molecule has 3 aliphatic rings. The number of hydrogen-bond donors (Lipinski definition) is 0. The number of benzene rings is 1. The SMILES string of the molecule is CC(=O)OC[C@H]1O[C@@H](N2C(=O)/C(=C\c3ccc4c(c3)OCO4)SC2=S)[C@@H](OC(C)=O)[C@@H](OC(C)=O)[C@@H]1OC(C)=O. The lowest BCUT2D eigenvalue weighted by atomic mass is 9.96. The van der Waals surface area contributed by atoms with Gasteiger partial charge in [-0.2, -0.15) is 0 Å². The maximum Gasteiger partial charge on any atom is 0.303 e. The third-order valence-corrected chi connectivity index (χ3v) is 7.07. The number of carbonyl (C=O) groups is 5. The Labute approximate surface area is 238 Å². The third kappa shape index (κ3) is 6.54. The van der Waals surface area contributed by atoms with E-state index in [4.69, 9.17) is 45.4 Å². The Morgan fingerprint density at radius 1 is 0.950 bits per heavy atom. The van der Waals surface area contributed by atoms with Crippen molar-refractivity contribution in [2.24, 2.45) is 0 Å². The summed E-state index contributed by atoms with van der Waals surface area (Å²) in [6.45, 7) is 4.14. The average molecular weight is 596 g/mol. The van der Waals surface area contributed by atoms with Crippen molar-refractivity contribution in [3.8, 4) is 11.5 Å². The highest BCUT2D eigenvalue weighted by atomic mass is 32.2. The summed E-state index contributed by atoms with van der Waals surface area (Å²) in [6.07, 6.45) is -5.33. The molecule has 1 aromatic carbocycles. The fraction of sp³-hybridized carbons (Fsp3) is 0.440. The predicted molar refractivity (Wildman–Crippen MR) is 140 cm³/mol. The molecule has 0 aromatic heterocycles. The van der Waals surface area contributed by atoms with E-state index in [2.05, 4.69) is 0 Å². The number of carbonyl (C=O) groups excluding carboxylic acids is 5. The van der Waals surface area contributed by atoms with Crippen molar-refractivity contribution >= 4 is 64.2 Å². The van der Waals surface area contributed by atoms with Gasteiger partial charge in [0.2, 0.25) is 6.79 Å². The zero-order valence-corrected chi connectivity index (χ0v) is 23.4. The topological polar surface area (TPSA) is 153 Å². The van der Waals surface area contributed by atoms with Gasteiger partial charge in [0, 0.05) is 27.7 Å². The molecule has 0 radical (unpaired) electrons. The molecular formula is C25H25NO12S2. The molecular weight excluding hydrogens is 570 g/mol. The number of thiocarbonyl (C=S) groups is 1. The Balaban J connectivity index is 1.71. The van der Waals surface area contributed by atoms with Crippen LogP contribution in [-0.2, 0) is 47.7 Å². The minimum Gasteiger partial charge on any atom is -0.463 e. The lowest BCUT2D eigenvalue weighted by Gasteiger charge is -2.46. The van der Waals surface area contributed by atoms with Gasteiger partial charge in [0.15, 0.2) is 40.4 Å². The second-order valence-electron chi connectivity index (χ2n) is 8.75. The van der Waals surface area contributed by atoms with Gasteiger partial charge in [-0.25, -0.2) is 0 Å². The van der Waals surface area contributed by atoms with E-state index >= 15 is 0 Å². The minimum atomic E-state index is -1.47. The molecule has 0 spiro atoms. The largest absolute Gasteiger partial charge is 0.463 e. The summed E-state index contributed by atoms with van der Waals surface area (Å²) >= 11 is 6.46. The molecule has 40 heavy (non-hydrogen) atoms. The number of rotatable bonds is 7. The molecule has 5 atom stereocenters. The van der Waals surface area contributed by atoms with Crippen molar-refractivity contribution in [1.82, 2.24) is 4.90 Å². The van der Waals surface area contributed by atoms with E-state index in [1.54, 1.807) is 24.3 Å². The Morgan fingerprint density at radius 3 is 2.23 bits per heavy atom. The highest BCUT2D eigenvalue weighted by Crippen LogP contribution is 2.40. The number of hydrogen-bond acceptors (Lipinski definition) is 14. The van der Waals surface area contributed by atoms with E-state index in [1.807, 2.05) is 0 Å². The van der Waals surface area contributed by atoms with Gasteiger partial charge < -0.3 is 33.2 Å². The summed E-state index contributed by atoms with van der Waals surface area (Å²) in [5, 5.41) is 0. The molecule has 3 aliphatic heterocycles. The molecule has 0 bridgehead atoms. The van der Waals surface area contributed by atoms with Crippen LogP contribution < -0.4 is 9.47 Å². The fourth-order valence-electron chi connectivity index (χ4n) is 4.27. The van der Waals surface area contributed by atoms with E-state index in [1.165, 1.54) is 0 Å². The first kappa shape index (κ1) is 29.3. The first-order valence-electron chi connectivity index (χ1n) is 11.9. The molecule has 0 saturated carbocycles. The van der Waals surface area contributed by atoms with Crippen LogP contribution in [0.5, 0.6) is 11.5 Å². The standard InChI is InChI=1S/C25H25NO12S2/c1-11(27)32-9-18-20(35-12(2)28)21(36-13(3)29)22(37-14(4)30)24(38-18)26-23(31)19(40-25(26)39)8-15-5-6-16-17(7-15)34-10-33-16/h5-8,18,20-22,24H,9-10H2,1-4H3/b19-8+/t18-,20-,21+,22+,24-/m1/s1. The summed E-state index contributed by atoms with van der Waals surface area (Å²) < 4.78 is 38.2. The van der Waals surface area contributed by atoms with Crippen LogP contribution in [0.2, 0.25) is 0 Å². The van der Waals surface area contributed by atoms with Gasteiger partial charge in [-0.1, -0.05) is 30.0 Å². The first-order chi connectivity index (χ1) is 18.9. The molecule has 2 saturated heterocycles. The summed E-state index contributed by atoms with van der Waals surface area (Å²) in [6, 6.07) is 5.13. The van der Waals surface area contributed by atoms with E-state index in [9.17, 15) is 24.0 Å². The van der Waals surface area contributed by atoms with Gasteiger partial charge in [-0.15, -0.1) is 0 Å². The molecule has 0 N–H and O–H groups in total. The maximum absolute atomic E-state index is 13.6. The molecule has 13 nitrogen and oxygen atoms in total. The van der Waals surface area contributed by atoms with E-state index in [0.717, 1.165) is 44.4 Å². The van der Waals surface area contributed by atoms with Crippen molar-refractivity contribution in [3.63, 3.8) is 0 Å². The lowest BCUT2D eigenvalue weighted by Crippen LogP contribution is -2.66. The molecule has 3 heterocycles. The molecule has 1 aromatic rings. The van der Waals surface area contributed by atoms with E-state index in [0.29, 0.717) is 17.1 Å². The predicted octanol–water partition coefficient (Wildman–Crippen LogP) is 1.70.